The van der Waals surface area contributed by atoms with E-state index in [2.05, 4.69) is 5.32 Å². The van der Waals surface area contributed by atoms with Crippen molar-refractivity contribution in [3.63, 3.8) is 0 Å². The number of nitro benzene ring substituents is 1. The number of carbonyl (C=O) groups excluding carboxylic acids is 1. The van der Waals surface area contributed by atoms with Gasteiger partial charge >= 0.3 is 0 Å². The summed E-state index contributed by atoms with van der Waals surface area (Å²) < 4.78 is 5.66. The zero-order valence-electron chi connectivity index (χ0n) is 13.7. The fourth-order valence-corrected chi connectivity index (χ4v) is 2.17. The van der Waals surface area contributed by atoms with E-state index in [1.54, 1.807) is 6.07 Å². The van der Waals surface area contributed by atoms with Crippen LogP contribution in [0.1, 0.15) is 29.8 Å². The number of ether oxygens (including phenoxy) is 1. The quantitative estimate of drug-likeness (QED) is 0.624. The molecule has 1 amide bonds. The van der Waals surface area contributed by atoms with Gasteiger partial charge in [0.15, 0.2) is 0 Å². The summed E-state index contributed by atoms with van der Waals surface area (Å²) in [7, 11) is 0. The molecule has 0 aliphatic rings. The first-order valence-corrected chi connectivity index (χ1v) is 7.56. The smallest absolute Gasteiger partial charge is 0.270 e. The summed E-state index contributed by atoms with van der Waals surface area (Å²) in [4.78, 5) is 22.5. The minimum absolute atomic E-state index is 0.110. The van der Waals surface area contributed by atoms with E-state index in [0.717, 1.165) is 5.56 Å². The summed E-state index contributed by atoms with van der Waals surface area (Å²) in [5.74, 6) is -0.369. The van der Waals surface area contributed by atoms with E-state index in [1.807, 2.05) is 44.2 Å². The van der Waals surface area contributed by atoms with Crippen LogP contribution in [0.3, 0.4) is 0 Å². The number of rotatable bonds is 7. The Morgan fingerprint density at radius 3 is 2.54 bits per heavy atom. The van der Waals surface area contributed by atoms with E-state index >= 15 is 0 Å². The SMILES string of the molecule is CC(C)(COCc1ccccc1)NC(=O)c1cccc([N+](=O)[O-])c1. The number of nitrogens with zero attached hydrogens (tertiary/aromatic N) is 1. The topological polar surface area (TPSA) is 81.5 Å². The van der Waals surface area contributed by atoms with Crippen molar-refractivity contribution in [2.24, 2.45) is 0 Å². The molecule has 0 saturated carbocycles. The zero-order chi connectivity index (χ0) is 17.6. The molecule has 6 nitrogen and oxygen atoms in total. The van der Waals surface area contributed by atoms with Crippen molar-refractivity contribution < 1.29 is 14.5 Å². The van der Waals surface area contributed by atoms with Gasteiger partial charge in [-0.1, -0.05) is 36.4 Å². The number of non-ortho nitro benzene ring substituents is 1. The van der Waals surface area contributed by atoms with E-state index in [4.69, 9.17) is 4.74 Å². The fourth-order valence-electron chi connectivity index (χ4n) is 2.17. The Morgan fingerprint density at radius 2 is 1.88 bits per heavy atom. The van der Waals surface area contributed by atoms with Crippen LogP contribution in [0.4, 0.5) is 5.69 Å². The molecule has 1 N–H and O–H groups in total. The Labute approximate surface area is 140 Å². The lowest BCUT2D eigenvalue weighted by atomic mass is 10.1. The van der Waals surface area contributed by atoms with Crippen LogP contribution in [0.2, 0.25) is 0 Å². The van der Waals surface area contributed by atoms with Crippen LogP contribution < -0.4 is 5.32 Å². The van der Waals surface area contributed by atoms with Gasteiger partial charge in [-0.2, -0.15) is 0 Å². The van der Waals surface area contributed by atoms with E-state index in [9.17, 15) is 14.9 Å². The third kappa shape index (κ3) is 5.17. The van der Waals surface area contributed by atoms with Crippen molar-refractivity contribution in [1.82, 2.24) is 5.32 Å². The first kappa shape index (κ1) is 17.6. The van der Waals surface area contributed by atoms with Gasteiger partial charge in [0.05, 0.1) is 23.7 Å². The van der Waals surface area contributed by atoms with Gasteiger partial charge in [-0.05, 0) is 25.5 Å². The van der Waals surface area contributed by atoms with Gasteiger partial charge in [-0.25, -0.2) is 0 Å². The van der Waals surface area contributed by atoms with Crippen LogP contribution in [0.25, 0.3) is 0 Å². The van der Waals surface area contributed by atoms with Crippen molar-refractivity contribution in [2.45, 2.75) is 26.0 Å². The molecule has 24 heavy (non-hydrogen) atoms. The summed E-state index contributed by atoms with van der Waals surface area (Å²) >= 11 is 0. The molecule has 0 aromatic heterocycles. The monoisotopic (exact) mass is 328 g/mol. The second-order valence-electron chi connectivity index (χ2n) is 6.12. The average molecular weight is 328 g/mol. The second-order valence-corrected chi connectivity index (χ2v) is 6.12. The molecule has 0 radical (unpaired) electrons. The molecule has 126 valence electrons. The molecule has 0 heterocycles. The van der Waals surface area contributed by atoms with Crippen LogP contribution in [-0.2, 0) is 11.3 Å². The first-order chi connectivity index (χ1) is 11.4. The summed E-state index contributed by atoms with van der Waals surface area (Å²) in [5.41, 5.74) is 0.593. The Morgan fingerprint density at radius 1 is 1.17 bits per heavy atom. The minimum atomic E-state index is -0.601. The highest BCUT2D eigenvalue weighted by molar-refractivity contribution is 5.95. The number of nitro groups is 1. The minimum Gasteiger partial charge on any atom is -0.374 e. The van der Waals surface area contributed by atoms with E-state index in [1.165, 1.54) is 18.2 Å². The van der Waals surface area contributed by atoms with Gasteiger partial charge in [0.2, 0.25) is 0 Å². The molecular formula is C18H20N2O4. The normalized spacial score (nSPS) is 11.1. The summed E-state index contributed by atoms with van der Waals surface area (Å²) in [6.07, 6.45) is 0. The molecule has 0 aliphatic carbocycles. The van der Waals surface area contributed by atoms with Gasteiger partial charge < -0.3 is 10.1 Å². The van der Waals surface area contributed by atoms with Gasteiger partial charge in [0.25, 0.3) is 11.6 Å². The van der Waals surface area contributed by atoms with Gasteiger partial charge in [0.1, 0.15) is 0 Å². The van der Waals surface area contributed by atoms with Crippen molar-refractivity contribution in [1.29, 1.82) is 0 Å². The summed E-state index contributed by atoms with van der Waals surface area (Å²) in [5, 5.41) is 13.6. The molecule has 2 aromatic carbocycles. The molecule has 0 spiro atoms. The number of amides is 1. The zero-order valence-corrected chi connectivity index (χ0v) is 13.7. The van der Waals surface area contributed by atoms with Crippen LogP contribution >= 0.6 is 0 Å². The number of benzene rings is 2. The van der Waals surface area contributed by atoms with Crippen molar-refractivity contribution in [3.05, 3.63) is 75.8 Å². The van der Waals surface area contributed by atoms with Crippen LogP contribution in [0.5, 0.6) is 0 Å². The third-order valence-electron chi connectivity index (χ3n) is 3.35. The average Bonchev–Trinajstić information content (AvgIpc) is 2.55. The van der Waals surface area contributed by atoms with Crippen molar-refractivity contribution in [3.8, 4) is 0 Å². The Balaban J connectivity index is 1.91. The molecule has 0 atom stereocenters. The Hall–Kier alpha value is -2.73. The molecule has 2 aromatic rings. The van der Waals surface area contributed by atoms with Crippen molar-refractivity contribution in [2.75, 3.05) is 6.61 Å². The van der Waals surface area contributed by atoms with Crippen LogP contribution in [0.15, 0.2) is 54.6 Å². The van der Waals surface area contributed by atoms with E-state index in [-0.39, 0.29) is 17.2 Å². The standard InChI is InChI=1S/C18H20N2O4/c1-18(2,13-24-12-14-7-4-3-5-8-14)19-17(21)15-9-6-10-16(11-15)20(22)23/h3-11H,12-13H2,1-2H3,(H,19,21). The lowest BCUT2D eigenvalue weighted by Crippen LogP contribution is -2.47. The van der Waals surface area contributed by atoms with Crippen molar-refractivity contribution >= 4 is 11.6 Å². The predicted octanol–water partition coefficient (Wildman–Crippen LogP) is 3.32. The number of hydrogen-bond acceptors (Lipinski definition) is 4. The Bertz CT molecular complexity index is 714. The number of carbonyl (C=O) groups is 1. The molecule has 0 unspecified atom stereocenters. The highest BCUT2D eigenvalue weighted by atomic mass is 16.6. The van der Waals surface area contributed by atoms with Gasteiger partial charge in [0, 0.05) is 17.7 Å². The summed E-state index contributed by atoms with van der Waals surface area (Å²) in [6.45, 7) is 4.46. The highest BCUT2D eigenvalue weighted by Gasteiger charge is 2.22. The lowest BCUT2D eigenvalue weighted by Gasteiger charge is -2.26. The van der Waals surface area contributed by atoms with Crippen LogP contribution in [0, 0.1) is 10.1 Å². The largest absolute Gasteiger partial charge is 0.374 e. The maximum Gasteiger partial charge on any atom is 0.270 e. The van der Waals surface area contributed by atoms with Gasteiger partial charge in [-0.15, -0.1) is 0 Å². The maximum atomic E-state index is 12.3. The van der Waals surface area contributed by atoms with Gasteiger partial charge in [-0.3, -0.25) is 14.9 Å². The maximum absolute atomic E-state index is 12.3. The predicted molar refractivity (Wildman–Crippen MR) is 90.7 cm³/mol. The van der Waals surface area contributed by atoms with E-state index < -0.39 is 10.5 Å². The number of nitrogens with one attached hydrogen (secondary N) is 1. The molecule has 0 aliphatic heterocycles. The molecule has 0 fully saturated rings. The number of hydrogen-bond donors (Lipinski definition) is 1. The lowest BCUT2D eigenvalue weighted by molar-refractivity contribution is -0.384. The van der Waals surface area contributed by atoms with Crippen LogP contribution in [-0.4, -0.2) is 23.0 Å². The molecule has 0 saturated heterocycles. The fraction of sp³-hybridized carbons (Fsp3) is 0.278. The Kier molecular flexibility index (Phi) is 5.65. The molecule has 6 heteroatoms. The molecule has 2 rings (SSSR count). The van der Waals surface area contributed by atoms with E-state index in [0.29, 0.717) is 13.2 Å². The molecule has 0 bridgehead atoms. The first-order valence-electron chi connectivity index (χ1n) is 7.56. The molecular weight excluding hydrogens is 308 g/mol. The third-order valence-corrected chi connectivity index (χ3v) is 3.35. The second kappa shape index (κ2) is 7.70. The summed E-state index contributed by atoms with van der Waals surface area (Å²) in [6, 6.07) is 15.4. The highest BCUT2D eigenvalue weighted by Crippen LogP contribution is 2.14.